The Labute approximate surface area is 179 Å². The molecule has 1 saturated heterocycles. The lowest BCUT2D eigenvalue weighted by molar-refractivity contribution is 0.0941. The molecule has 1 fully saturated rings. The van der Waals surface area contributed by atoms with E-state index >= 15 is 0 Å². The molecule has 1 aliphatic heterocycles. The molecule has 0 radical (unpaired) electrons. The molecular formula is C20H21Br2N3OS. The smallest absolute Gasteiger partial charge is 0.268 e. The molecule has 7 heteroatoms. The van der Waals surface area contributed by atoms with Crippen molar-refractivity contribution in [1.29, 1.82) is 0 Å². The molecule has 1 N–H and O–H groups in total. The number of fused-ring (bicyclic) bond motifs is 1. The average molecular weight is 511 g/mol. The number of carbonyl (C=O) groups excluding carboxylic acids is 1. The summed E-state index contributed by atoms with van der Waals surface area (Å²) in [7, 11) is 0. The molecule has 4 nitrogen and oxygen atoms in total. The lowest BCUT2D eigenvalue weighted by Gasteiger charge is -2.15. The van der Waals surface area contributed by atoms with Gasteiger partial charge in [-0.1, -0.05) is 28.1 Å². The number of aromatic nitrogens is 1. The summed E-state index contributed by atoms with van der Waals surface area (Å²) in [6.45, 7) is 4.59. The molecule has 0 atom stereocenters. The Morgan fingerprint density at radius 3 is 2.63 bits per heavy atom. The number of nitrogens with zero attached hydrogens (tertiary/aromatic N) is 2. The first-order valence-electron chi connectivity index (χ1n) is 9.13. The maximum absolute atomic E-state index is 12.9. The lowest BCUT2D eigenvalue weighted by atomic mass is 10.2. The lowest BCUT2D eigenvalue weighted by Crippen LogP contribution is -2.34. The quantitative estimate of drug-likeness (QED) is 0.500. The van der Waals surface area contributed by atoms with Crippen molar-refractivity contribution in [1.82, 2.24) is 14.8 Å². The minimum absolute atomic E-state index is 0.00149. The molecule has 1 amide bonds. The van der Waals surface area contributed by atoms with E-state index in [0.29, 0.717) is 13.1 Å². The molecule has 4 rings (SSSR count). The van der Waals surface area contributed by atoms with Gasteiger partial charge < -0.3 is 14.8 Å². The highest BCUT2D eigenvalue weighted by Gasteiger charge is 2.19. The molecule has 2 aromatic heterocycles. The van der Waals surface area contributed by atoms with Crippen LogP contribution in [0.15, 0.2) is 44.7 Å². The zero-order valence-corrected chi connectivity index (χ0v) is 18.9. The number of hydrogen-bond acceptors (Lipinski definition) is 3. The van der Waals surface area contributed by atoms with E-state index in [0.717, 1.165) is 44.5 Å². The summed E-state index contributed by atoms with van der Waals surface area (Å²) < 4.78 is 5.34. The van der Waals surface area contributed by atoms with E-state index in [1.165, 1.54) is 18.4 Å². The predicted molar refractivity (Wildman–Crippen MR) is 119 cm³/mol. The topological polar surface area (TPSA) is 37.3 Å². The normalized spacial score (nSPS) is 14.9. The van der Waals surface area contributed by atoms with Crippen LogP contribution in [0.5, 0.6) is 0 Å². The third-order valence-electron chi connectivity index (χ3n) is 4.98. The molecule has 142 valence electrons. The van der Waals surface area contributed by atoms with E-state index in [-0.39, 0.29) is 5.91 Å². The van der Waals surface area contributed by atoms with Crippen molar-refractivity contribution in [3.8, 4) is 0 Å². The largest absolute Gasteiger partial charge is 0.349 e. The van der Waals surface area contributed by atoms with Crippen LogP contribution >= 0.6 is 43.2 Å². The van der Waals surface area contributed by atoms with Crippen molar-refractivity contribution in [2.75, 3.05) is 26.2 Å². The zero-order chi connectivity index (χ0) is 18.8. The Morgan fingerprint density at radius 2 is 1.89 bits per heavy atom. The maximum Gasteiger partial charge on any atom is 0.268 e. The molecule has 0 aliphatic carbocycles. The molecule has 3 heterocycles. The number of carbonyl (C=O) groups is 1. The number of hydrogen-bond donors (Lipinski definition) is 1. The second kappa shape index (κ2) is 8.47. The maximum atomic E-state index is 12.9. The molecule has 1 aromatic carbocycles. The van der Waals surface area contributed by atoms with Crippen LogP contribution in [0.2, 0.25) is 0 Å². The Kier molecular flexibility index (Phi) is 6.02. The molecule has 0 bridgehead atoms. The summed E-state index contributed by atoms with van der Waals surface area (Å²) in [6.07, 6.45) is 2.54. The van der Waals surface area contributed by atoms with Crippen LogP contribution in [0.4, 0.5) is 0 Å². The van der Waals surface area contributed by atoms with Crippen LogP contribution in [0.1, 0.15) is 28.9 Å². The second-order valence-electron chi connectivity index (χ2n) is 6.84. The van der Waals surface area contributed by atoms with Gasteiger partial charge in [0.1, 0.15) is 5.69 Å². The van der Waals surface area contributed by atoms with E-state index in [2.05, 4.69) is 64.2 Å². The fraction of sp³-hybridized carbons (Fsp3) is 0.350. The Hall–Kier alpha value is -1.15. The molecule has 3 aromatic rings. The zero-order valence-electron chi connectivity index (χ0n) is 14.9. The van der Waals surface area contributed by atoms with Crippen LogP contribution in [0.3, 0.4) is 0 Å². The minimum Gasteiger partial charge on any atom is -0.349 e. The predicted octanol–water partition coefficient (Wildman–Crippen LogP) is 5.10. The van der Waals surface area contributed by atoms with Gasteiger partial charge >= 0.3 is 0 Å². The van der Waals surface area contributed by atoms with Crippen molar-refractivity contribution in [3.05, 3.63) is 55.9 Å². The summed E-state index contributed by atoms with van der Waals surface area (Å²) in [6, 6.07) is 10.3. The van der Waals surface area contributed by atoms with Gasteiger partial charge in [0.15, 0.2) is 0 Å². The highest BCUT2D eigenvalue weighted by molar-refractivity contribution is 9.11. The molecular weight excluding hydrogens is 490 g/mol. The van der Waals surface area contributed by atoms with Gasteiger partial charge in [-0.2, -0.15) is 0 Å². The van der Waals surface area contributed by atoms with E-state index in [1.54, 1.807) is 11.3 Å². The number of likely N-dealkylation sites (tertiary alicyclic amines) is 1. The van der Waals surface area contributed by atoms with Crippen molar-refractivity contribution in [2.45, 2.75) is 19.4 Å². The van der Waals surface area contributed by atoms with Crippen molar-refractivity contribution >= 4 is 59.3 Å². The third-order valence-corrected chi connectivity index (χ3v) is 7.33. The average Bonchev–Trinajstić information content (AvgIpc) is 3.37. The van der Waals surface area contributed by atoms with Gasteiger partial charge in [0.2, 0.25) is 0 Å². The molecule has 1 aliphatic rings. The molecule has 0 unspecified atom stereocenters. The molecule has 0 spiro atoms. The number of amides is 1. The van der Waals surface area contributed by atoms with Crippen LogP contribution in [0, 0.1) is 0 Å². The van der Waals surface area contributed by atoms with E-state index in [9.17, 15) is 4.79 Å². The standard InChI is InChI=1S/C20H21Br2N3OS/c21-15-5-3-14(4-6-15)12-25-17(11-18-19(25)16(22)13-27-18)20(26)23-7-10-24-8-1-2-9-24/h3-6,11,13H,1-2,7-10,12H2,(H,23,26). The number of thiophene rings is 1. The van der Waals surface area contributed by atoms with Gasteiger partial charge in [-0.25, -0.2) is 0 Å². The molecule has 0 saturated carbocycles. The minimum atomic E-state index is 0.00149. The van der Waals surface area contributed by atoms with Crippen molar-refractivity contribution in [2.24, 2.45) is 0 Å². The number of rotatable bonds is 6. The fourth-order valence-electron chi connectivity index (χ4n) is 3.58. The highest BCUT2D eigenvalue weighted by atomic mass is 79.9. The van der Waals surface area contributed by atoms with Crippen molar-refractivity contribution < 1.29 is 4.79 Å². The number of nitrogens with one attached hydrogen (secondary N) is 1. The Balaban J connectivity index is 1.55. The van der Waals surface area contributed by atoms with Crippen molar-refractivity contribution in [3.63, 3.8) is 0 Å². The van der Waals surface area contributed by atoms with Crippen LogP contribution in [-0.2, 0) is 6.54 Å². The number of benzene rings is 1. The van der Waals surface area contributed by atoms with Gasteiger partial charge in [-0.3, -0.25) is 4.79 Å². The van der Waals surface area contributed by atoms with Gasteiger partial charge in [0.05, 0.1) is 14.7 Å². The fourth-order valence-corrected chi connectivity index (χ4v) is 5.54. The van der Waals surface area contributed by atoms with Gasteiger partial charge in [-0.05, 0) is 65.6 Å². The van der Waals surface area contributed by atoms with Gasteiger partial charge in [0.25, 0.3) is 5.91 Å². The summed E-state index contributed by atoms with van der Waals surface area (Å²) in [4.78, 5) is 15.3. The summed E-state index contributed by atoms with van der Waals surface area (Å²) in [5.41, 5.74) is 2.98. The highest BCUT2D eigenvalue weighted by Crippen LogP contribution is 2.34. The first-order chi connectivity index (χ1) is 13.1. The second-order valence-corrected chi connectivity index (χ2v) is 9.52. The monoisotopic (exact) mass is 509 g/mol. The van der Waals surface area contributed by atoms with Crippen LogP contribution < -0.4 is 5.32 Å². The third kappa shape index (κ3) is 4.31. The summed E-state index contributed by atoms with van der Waals surface area (Å²) >= 11 is 8.79. The Morgan fingerprint density at radius 1 is 1.15 bits per heavy atom. The summed E-state index contributed by atoms with van der Waals surface area (Å²) in [5.74, 6) is 0.00149. The van der Waals surface area contributed by atoms with E-state index in [1.807, 2.05) is 18.2 Å². The van der Waals surface area contributed by atoms with Gasteiger partial charge in [-0.15, -0.1) is 11.3 Å². The molecule has 27 heavy (non-hydrogen) atoms. The number of halogens is 2. The SMILES string of the molecule is O=C(NCCN1CCCC1)c1cc2scc(Br)c2n1Cc1ccc(Br)cc1. The first kappa shape index (κ1) is 19.2. The van der Waals surface area contributed by atoms with Gasteiger partial charge in [0, 0.05) is 29.5 Å². The van der Waals surface area contributed by atoms with Crippen LogP contribution in [0.25, 0.3) is 10.2 Å². The van der Waals surface area contributed by atoms with Crippen LogP contribution in [-0.4, -0.2) is 41.6 Å². The Bertz CT molecular complexity index is 942. The first-order valence-corrected chi connectivity index (χ1v) is 11.6. The van der Waals surface area contributed by atoms with E-state index in [4.69, 9.17) is 0 Å². The summed E-state index contributed by atoms with van der Waals surface area (Å²) in [5, 5.41) is 5.19. The van der Waals surface area contributed by atoms with E-state index < -0.39 is 0 Å².